The Bertz CT molecular complexity index is 1420. The summed E-state index contributed by atoms with van der Waals surface area (Å²) in [5.41, 5.74) is 8.18. The van der Waals surface area contributed by atoms with Crippen LogP contribution in [0.1, 0.15) is 37.8 Å². The van der Waals surface area contributed by atoms with E-state index in [1.54, 1.807) is 23.3 Å². The number of hydrogen-bond acceptors (Lipinski definition) is 0. The molecular formula is C34H32Cl2SiZr-2. The van der Waals surface area contributed by atoms with Gasteiger partial charge in [0.05, 0.1) is 0 Å². The molecule has 0 N–H and O–H groups in total. The number of rotatable bonds is 2. The molecule has 4 heteroatoms. The van der Waals surface area contributed by atoms with Gasteiger partial charge in [-0.25, -0.2) is 23.3 Å². The van der Waals surface area contributed by atoms with E-state index in [9.17, 15) is 0 Å². The van der Waals surface area contributed by atoms with Crippen LogP contribution in [0.2, 0.25) is 13.1 Å². The first-order valence-corrected chi connectivity index (χ1v) is 18.6. The molecule has 0 amide bonds. The maximum Gasteiger partial charge on any atom is -1.00 e. The zero-order valence-corrected chi connectivity index (χ0v) is 27.4. The molecule has 2 aliphatic rings. The van der Waals surface area contributed by atoms with Crippen LogP contribution in [0, 0.1) is 12.2 Å². The molecule has 0 radical (unpaired) electrons. The Kier molecular flexibility index (Phi) is 13.2. The molecule has 0 atom stereocenters. The summed E-state index contributed by atoms with van der Waals surface area (Å²) >= 11 is 1.74. The first kappa shape index (κ1) is 32.3. The summed E-state index contributed by atoms with van der Waals surface area (Å²) in [6.45, 7) is 8.84. The van der Waals surface area contributed by atoms with Crippen molar-refractivity contribution in [1.82, 2.24) is 0 Å². The molecule has 0 spiro atoms. The van der Waals surface area contributed by atoms with Crippen LogP contribution in [0.5, 0.6) is 0 Å². The van der Waals surface area contributed by atoms with Gasteiger partial charge in [0.2, 0.25) is 0 Å². The van der Waals surface area contributed by atoms with E-state index in [2.05, 4.69) is 136 Å². The van der Waals surface area contributed by atoms with Gasteiger partial charge in [-0.15, -0.1) is 24.0 Å². The first-order valence-electron chi connectivity index (χ1n) is 12.5. The summed E-state index contributed by atoms with van der Waals surface area (Å²) in [6.07, 6.45) is 13.1. The largest absolute Gasteiger partial charge is 1.00 e. The Morgan fingerprint density at radius 1 is 0.579 bits per heavy atom. The zero-order valence-electron chi connectivity index (χ0n) is 22.4. The maximum atomic E-state index is 3.36. The number of allylic oxidation sites excluding steroid dienone is 8. The van der Waals surface area contributed by atoms with Crippen molar-refractivity contribution >= 4 is 38.1 Å². The van der Waals surface area contributed by atoms with Gasteiger partial charge in [-0.05, 0) is 32.7 Å². The smallest absolute Gasteiger partial charge is 1.00 e. The summed E-state index contributed by atoms with van der Waals surface area (Å²) in [5, 5.41) is 5.30. The van der Waals surface area contributed by atoms with E-state index >= 15 is 0 Å². The molecule has 0 fully saturated rings. The Hall–Kier alpha value is -1.96. The van der Waals surface area contributed by atoms with Crippen LogP contribution in [-0.2, 0) is 23.3 Å². The van der Waals surface area contributed by atoms with Gasteiger partial charge in [-0.2, -0.15) is 0 Å². The Morgan fingerprint density at radius 3 is 1.26 bits per heavy atom. The standard InChI is InChI=1S/2C16H13.C2H6Si.2ClH.Zr/c2*1-12-9-10-14(11-12)16-8-4-6-13-5-2-3-7-15(13)16;1-3-2;;;/h2*2-8,11H,10H2,1H3;1-2H3;2*1H;/q2*-1;;;;+2/p-2. The zero-order chi connectivity index (χ0) is 25.5. The molecule has 38 heavy (non-hydrogen) atoms. The minimum absolute atomic E-state index is 0. The number of hydrogen-bond donors (Lipinski definition) is 0. The van der Waals surface area contributed by atoms with Gasteiger partial charge >= 0.3 is 41.9 Å². The van der Waals surface area contributed by atoms with E-state index in [1.165, 1.54) is 55.0 Å². The van der Waals surface area contributed by atoms with Crippen LogP contribution >= 0.6 is 0 Å². The Balaban J connectivity index is 0.000000224. The van der Waals surface area contributed by atoms with Gasteiger partial charge in [0.1, 0.15) is 0 Å². The summed E-state index contributed by atoms with van der Waals surface area (Å²) in [7, 11) is 0. The Labute approximate surface area is 255 Å². The predicted molar refractivity (Wildman–Crippen MR) is 155 cm³/mol. The van der Waals surface area contributed by atoms with E-state index in [0.29, 0.717) is 0 Å². The quantitative estimate of drug-likeness (QED) is 0.235. The van der Waals surface area contributed by atoms with Crippen molar-refractivity contribution in [2.24, 2.45) is 0 Å². The van der Waals surface area contributed by atoms with E-state index in [1.807, 2.05) is 0 Å². The topological polar surface area (TPSA) is 0 Å². The molecule has 192 valence electrons. The second kappa shape index (κ2) is 15.6. The van der Waals surface area contributed by atoms with E-state index in [4.69, 9.17) is 0 Å². The summed E-state index contributed by atoms with van der Waals surface area (Å²) in [6, 6.07) is 30.1. The van der Waals surface area contributed by atoms with Crippen LogP contribution < -0.4 is 24.8 Å². The molecule has 0 bridgehead atoms. The fourth-order valence-electron chi connectivity index (χ4n) is 4.55. The molecule has 0 saturated heterocycles. The first-order chi connectivity index (χ1) is 17.4. The second-order valence-corrected chi connectivity index (χ2v) is 18.8. The minimum atomic E-state index is 0. The van der Waals surface area contributed by atoms with Crippen LogP contribution in [0.4, 0.5) is 0 Å². The van der Waals surface area contributed by atoms with Gasteiger partial charge in [-0.1, -0.05) is 98.8 Å². The second-order valence-electron chi connectivity index (χ2n) is 9.47. The third kappa shape index (κ3) is 8.52. The molecule has 0 unspecified atom stereocenters. The summed E-state index contributed by atoms with van der Waals surface area (Å²) in [4.78, 5) is 0. The number of halogens is 2. The Morgan fingerprint density at radius 2 is 0.921 bits per heavy atom. The minimum Gasteiger partial charge on any atom is -1.00 e. The van der Waals surface area contributed by atoms with Crippen molar-refractivity contribution in [3.63, 3.8) is 0 Å². The maximum absolute atomic E-state index is 3.36. The van der Waals surface area contributed by atoms with Gasteiger partial charge in [0.15, 0.2) is 0 Å². The summed E-state index contributed by atoms with van der Waals surface area (Å²) < 4.78 is 0. The van der Waals surface area contributed by atoms with E-state index in [0.717, 1.165) is 12.8 Å². The van der Waals surface area contributed by atoms with Crippen molar-refractivity contribution < 1.29 is 48.1 Å². The molecule has 0 nitrogen and oxygen atoms in total. The van der Waals surface area contributed by atoms with Crippen molar-refractivity contribution in [3.05, 3.63) is 132 Å². The van der Waals surface area contributed by atoms with Gasteiger partial charge in [0.25, 0.3) is 0 Å². The van der Waals surface area contributed by atoms with Crippen molar-refractivity contribution in [3.8, 4) is 0 Å². The predicted octanol–water partition coefficient (Wildman–Crippen LogP) is 3.55. The molecule has 0 heterocycles. The number of fused-ring (bicyclic) bond motifs is 2. The third-order valence-corrected chi connectivity index (χ3v) is 6.17. The van der Waals surface area contributed by atoms with E-state index in [-0.39, 0.29) is 30.2 Å². The fourth-order valence-corrected chi connectivity index (χ4v) is 4.55. The monoisotopic (exact) mass is 628 g/mol. The van der Waals surface area contributed by atoms with Crippen LogP contribution in [0.15, 0.2) is 108 Å². The number of benzene rings is 4. The third-order valence-electron chi connectivity index (χ3n) is 6.17. The fraction of sp³-hybridized carbons (Fsp3) is 0.176. The molecule has 4 aromatic carbocycles. The normalized spacial score (nSPS) is 13.4. The molecule has 0 aromatic heterocycles. The van der Waals surface area contributed by atoms with Gasteiger partial charge in [-0.3, -0.25) is 12.2 Å². The van der Waals surface area contributed by atoms with Crippen LogP contribution in [-0.4, -0.2) is 5.43 Å². The molecule has 0 saturated carbocycles. The molecule has 2 aliphatic carbocycles. The molecule has 0 aliphatic heterocycles. The average Bonchev–Trinajstić information content (AvgIpc) is 3.51. The SMILES string of the molecule is CC1=[C-]CC(c2cccc3ccccc23)=C1.CC1=[C-]CC(c2cccc3ccccc23)=C1.C[Si](C)=[Zr+2].[Cl-].[Cl-]. The van der Waals surface area contributed by atoms with Crippen molar-refractivity contribution in [2.45, 2.75) is 39.8 Å². The van der Waals surface area contributed by atoms with Crippen LogP contribution in [0.3, 0.4) is 0 Å². The van der Waals surface area contributed by atoms with Crippen molar-refractivity contribution in [2.75, 3.05) is 0 Å². The van der Waals surface area contributed by atoms with Crippen molar-refractivity contribution in [1.29, 1.82) is 0 Å². The summed E-state index contributed by atoms with van der Waals surface area (Å²) in [5.74, 6) is 0. The molecular weight excluding hydrogens is 599 g/mol. The molecule has 6 rings (SSSR count). The van der Waals surface area contributed by atoms with Crippen LogP contribution in [0.25, 0.3) is 32.7 Å². The molecule has 4 aromatic rings. The van der Waals surface area contributed by atoms with Gasteiger partial charge < -0.3 is 24.8 Å². The average molecular weight is 631 g/mol. The van der Waals surface area contributed by atoms with Gasteiger partial charge in [0, 0.05) is 0 Å². The van der Waals surface area contributed by atoms with E-state index < -0.39 is 0 Å².